The highest BCUT2D eigenvalue weighted by atomic mass is 16.3. The van der Waals surface area contributed by atoms with Crippen molar-refractivity contribution in [1.29, 1.82) is 0 Å². The molecule has 1 saturated heterocycles. The SMILES string of the molecule is Nc1ncc(-c2cnn(C3CCNCC3)c2)cc1-c1nc2ccc(Nc3ccccc3)cc2o1. The van der Waals surface area contributed by atoms with E-state index in [-0.39, 0.29) is 0 Å². The van der Waals surface area contributed by atoms with Gasteiger partial charge in [-0.3, -0.25) is 4.68 Å². The van der Waals surface area contributed by atoms with E-state index < -0.39 is 0 Å². The third kappa shape index (κ3) is 3.99. The van der Waals surface area contributed by atoms with Crippen LogP contribution in [-0.2, 0) is 0 Å². The standard InChI is InChI=1S/C26H25N7O/c27-25-22(12-17(14-29-25)18-15-30-33(16-18)21-8-10-28-11-9-21)26-32-23-7-6-20(13-24(23)34-26)31-19-4-2-1-3-5-19/h1-7,12-16,21,28,31H,8-11H2,(H2,27,29). The first-order valence-corrected chi connectivity index (χ1v) is 11.5. The maximum atomic E-state index is 6.22. The smallest absolute Gasteiger partial charge is 0.231 e. The van der Waals surface area contributed by atoms with Gasteiger partial charge in [-0.15, -0.1) is 0 Å². The Morgan fingerprint density at radius 3 is 2.68 bits per heavy atom. The van der Waals surface area contributed by atoms with E-state index in [0.717, 1.165) is 53.9 Å². The Morgan fingerprint density at radius 1 is 0.971 bits per heavy atom. The number of para-hydroxylation sites is 1. The number of nitrogens with zero attached hydrogens (tertiary/aromatic N) is 4. The minimum atomic E-state index is 0.378. The zero-order valence-corrected chi connectivity index (χ0v) is 18.6. The van der Waals surface area contributed by atoms with Crippen molar-refractivity contribution in [2.75, 3.05) is 24.1 Å². The highest BCUT2D eigenvalue weighted by Crippen LogP contribution is 2.33. The molecule has 3 aromatic heterocycles. The largest absolute Gasteiger partial charge is 0.436 e. The zero-order chi connectivity index (χ0) is 22.9. The number of oxazole rings is 1. The van der Waals surface area contributed by atoms with Gasteiger partial charge in [0, 0.05) is 41.0 Å². The Balaban J connectivity index is 1.30. The minimum absolute atomic E-state index is 0.378. The number of hydrogen-bond donors (Lipinski definition) is 3. The van der Waals surface area contributed by atoms with Crippen molar-refractivity contribution in [3.63, 3.8) is 0 Å². The maximum Gasteiger partial charge on any atom is 0.231 e. The second-order valence-electron chi connectivity index (χ2n) is 8.54. The predicted molar refractivity (Wildman–Crippen MR) is 134 cm³/mol. The molecule has 0 bridgehead atoms. The van der Waals surface area contributed by atoms with E-state index in [1.54, 1.807) is 6.20 Å². The van der Waals surface area contributed by atoms with E-state index in [2.05, 4.69) is 36.6 Å². The van der Waals surface area contributed by atoms with Gasteiger partial charge in [0.05, 0.1) is 17.8 Å². The summed E-state index contributed by atoms with van der Waals surface area (Å²) >= 11 is 0. The van der Waals surface area contributed by atoms with Crippen molar-refractivity contribution >= 4 is 28.3 Å². The van der Waals surface area contributed by atoms with Gasteiger partial charge in [0.1, 0.15) is 11.3 Å². The second kappa shape index (κ2) is 8.64. The summed E-state index contributed by atoms with van der Waals surface area (Å²) in [6, 6.07) is 18.3. The molecule has 5 aromatic rings. The molecule has 8 nitrogen and oxygen atoms in total. The Hall–Kier alpha value is -4.17. The summed E-state index contributed by atoms with van der Waals surface area (Å²) in [5, 5.41) is 11.4. The first-order chi connectivity index (χ1) is 16.7. The summed E-state index contributed by atoms with van der Waals surface area (Å²) in [4.78, 5) is 9.08. The van der Waals surface area contributed by atoms with Crippen molar-refractivity contribution in [3.05, 3.63) is 73.2 Å². The minimum Gasteiger partial charge on any atom is -0.436 e. The highest BCUT2D eigenvalue weighted by molar-refractivity contribution is 5.83. The van der Waals surface area contributed by atoms with Gasteiger partial charge in [-0.05, 0) is 56.3 Å². The fourth-order valence-electron chi connectivity index (χ4n) is 4.37. The molecule has 8 heteroatoms. The lowest BCUT2D eigenvalue weighted by Gasteiger charge is -2.22. The van der Waals surface area contributed by atoms with Crippen LogP contribution in [0, 0.1) is 0 Å². The third-order valence-electron chi connectivity index (χ3n) is 6.22. The van der Waals surface area contributed by atoms with Gasteiger partial charge >= 0.3 is 0 Å². The van der Waals surface area contributed by atoms with E-state index in [1.165, 1.54) is 0 Å². The molecule has 0 spiro atoms. The number of anilines is 3. The lowest BCUT2D eigenvalue weighted by Crippen LogP contribution is -2.29. The zero-order valence-electron chi connectivity index (χ0n) is 18.6. The van der Waals surface area contributed by atoms with E-state index in [0.29, 0.717) is 28.9 Å². The van der Waals surface area contributed by atoms with Gasteiger partial charge in [0.25, 0.3) is 0 Å². The number of fused-ring (bicyclic) bond motifs is 1. The first kappa shape index (κ1) is 20.4. The van der Waals surface area contributed by atoms with E-state index in [4.69, 9.17) is 10.2 Å². The molecule has 0 atom stereocenters. The van der Waals surface area contributed by atoms with Crippen molar-refractivity contribution < 1.29 is 4.42 Å². The summed E-state index contributed by atoms with van der Waals surface area (Å²) in [5.41, 5.74) is 12.2. The summed E-state index contributed by atoms with van der Waals surface area (Å²) < 4.78 is 8.17. The summed E-state index contributed by atoms with van der Waals surface area (Å²) in [5.74, 6) is 0.827. The average Bonchev–Trinajstić information content (AvgIpc) is 3.53. The summed E-state index contributed by atoms with van der Waals surface area (Å²) in [6.07, 6.45) is 7.90. The van der Waals surface area contributed by atoms with Crippen LogP contribution in [0.15, 0.2) is 77.6 Å². The van der Waals surface area contributed by atoms with Crippen LogP contribution >= 0.6 is 0 Å². The van der Waals surface area contributed by atoms with Crippen LogP contribution in [0.2, 0.25) is 0 Å². The molecule has 170 valence electrons. The van der Waals surface area contributed by atoms with Crippen LogP contribution in [0.3, 0.4) is 0 Å². The van der Waals surface area contributed by atoms with Crippen LogP contribution in [0.25, 0.3) is 33.7 Å². The van der Waals surface area contributed by atoms with Crippen LogP contribution in [0.4, 0.5) is 17.2 Å². The lowest BCUT2D eigenvalue weighted by molar-refractivity contribution is 0.343. The molecule has 2 aromatic carbocycles. The topological polar surface area (TPSA) is 107 Å². The van der Waals surface area contributed by atoms with Gasteiger partial charge in [-0.1, -0.05) is 18.2 Å². The molecule has 4 N–H and O–H groups in total. The van der Waals surface area contributed by atoms with Gasteiger partial charge < -0.3 is 20.8 Å². The number of hydrogen-bond acceptors (Lipinski definition) is 7. The molecule has 0 radical (unpaired) electrons. The molecule has 0 amide bonds. The fraction of sp³-hybridized carbons (Fsp3) is 0.192. The number of aromatic nitrogens is 4. The predicted octanol–water partition coefficient (Wildman–Crippen LogP) is 5.00. The van der Waals surface area contributed by atoms with Gasteiger partial charge in [-0.25, -0.2) is 9.97 Å². The van der Waals surface area contributed by atoms with Gasteiger partial charge in [0.15, 0.2) is 5.58 Å². The van der Waals surface area contributed by atoms with Crippen molar-refractivity contribution in [2.24, 2.45) is 0 Å². The molecule has 0 unspecified atom stereocenters. The number of nitrogen functional groups attached to an aromatic ring is 1. The molecular formula is C26H25N7O. The van der Waals surface area contributed by atoms with Crippen LogP contribution in [0.1, 0.15) is 18.9 Å². The quantitative estimate of drug-likeness (QED) is 0.345. The van der Waals surface area contributed by atoms with Crippen LogP contribution in [-0.4, -0.2) is 32.8 Å². The normalized spacial score (nSPS) is 14.5. The van der Waals surface area contributed by atoms with Gasteiger partial charge in [-0.2, -0.15) is 5.10 Å². The van der Waals surface area contributed by atoms with Crippen LogP contribution < -0.4 is 16.4 Å². The molecule has 1 fully saturated rings. The summed E-state index contributed by atoms with van der Waals surface area (Å²) in [7, 11) is 0. The van der Waals surface area contributed by atoms with Crippen molar-refractivity contribution in [3.8, 4) is 22.6 Å². The van der Waals surface area contributed by atoms with Crippen molar-refractivity contribution in [2.45, 2.75) is 18.9 Å². The molecule has 1 aliphatic rings. The van der Waals surface area contributed by atoms with Gasteiger partial charge in [0.2, 0.25) is 5.89 Å². The third-order valence-corrected chi connectivity index (χ3v) is 6.22. The number of rotatable bonds is 5. The Labute approximate surface area is 196 Å². The molecule has 6 rings (SSSR count). The number of nitrogens with one attached hydrogen (secondary N) is 2. The number of piperidine rings is 1. The first-order valence-electron chi connectivity index (χ1n) is 11.5. The van der Waals surface area contributed by atoms with Crippen LogP contribution in [0.5, 0.6) is 0 Å². The Kier molecular flexibility index (Phi) is 5.20. The Bertz CT molecular complexity index is 1430. The second-order valence-corrected chi connectivity index (χ2v) is 8.54. The van der Waals surface area contributed by atoms with E-state index in [9.17, 15) is 0 Å². The molecule has 1 aliphatic heterocycles. The monoisotopic (exact) mass is 451 g/mol. The number of benzene rings is 2. The lowest BCUT2D eigenvalue weighted by atomic mass is 10.1. The van der Waals surface area contributed by atoms with E-state index >= 15 is 0 Å². The van der Waals surface area contributed by atoms with E-state index in [1.807, 2.05) is 60.8 Å². The molecule has 0 aliphatic carbocycles. The average molecular weight is 452 g/mol. The maximum absolute atomic E-state index is 6.22. The highest BCUT2D eigenvalue weighted by Gasteiger charge is 2.18. The molecule has 34 heavy (non-hydrogen) atoms. The Morgan fingerprint density at radius 2 is 1.82 bits per heavy atom. The van der Waals surface area contributed by atoms with Crippen molar-refractivity contribution in [1.82, 2.24) is 25.1 Å². The summed E-state index contributed by atoms with van der Waals surface area (Å²) in [6.45, 7) is 2.04. The fourth-order valence-corrected chi connectivity index (χ4v) is 4.37. The molecule has 0 saturated carbocycles. The molecular weight excluding hydrogens is 426 g/mol. The number of pyridine rings is 1. The molecule has 4 heterocycles. The number of nitrogens with two attached hydrogens (primary N) is 1.